The summed E-state index contributed by atoms with van der Waals surface area (Å²) in [5, 5.41) is 0. The van der Waals surface area contributed by atoms with Crippen molar-refractivity contribution >= 4 is 0 Å². The summed E-state index contributed by atoms with van der Waals surface area (Å²) in [4.78, 5) is 0. The Morgan fingerprint density at radius 1 is 1.13 bits per heavy atom. The summed E-state index contributed by atoms with van der Waals surface area (Å²) in [6.45, 7) is 8.66. The van der Waals surface area contributed by atoms with E-state index in [-0.39, 0.29) is 6.10 Å². The molecule has 0 saturated heterocycles. The van der Waals surface area contributed by atoms with Gasteiger partial charge < -0.3 is 9.47 Å². The van der Waals surface area contributed by atoms with Gasteiger partial charge >= 0.3 is 0 Å². The number of methoxy groups -OCH3 is 1. The lowest BCUT2D eigenvalue weighted by molar-refractivity contribution is 0.0644. The SMILES string of the molecule is CC.COc1ccccc1COC(C)C. The van der Waals surface area contributed by atoms with Gasteiger partial charge in [-0.15, -0.1) is 0 Å². The van der Waals surface area contributed by atoms with E-state index >= 15 is 0 Å². The van der Waals surface area contributed by atoms with Crippen LogP contribution >= 0.6 is 0 Å². The maximum Gasteiger partial charge on any atom is 0.124 e. The number of ether oxygens (including phenoxy) is 2. The van der Waals surface area contributed by atoms with Gasteiger partial charge in [0.1, 0.15) is 5.75 Å². The summed E-state index contributed by atoms with van der Waals surface area (Å²) in [6, 6.07) is 7.90. The first-order valence-electron chi connectivity index (χ1n) is 5.47. The van der Waals surface area contributed by atoms with Crippen molar-refractivity contribution in [2.45, 2.75) is 40.4 Å². The molecule has 0 N–H and O–H groups in total. The van der Waals surface area contributed by atoms with E-state index in [1.54, 1.807) is 7.11 Å². The summed E-state index contributed by atoms with van der Waals surface area (Å²) in [7, 11) is 1.67. The van der Waals surface area contributed by atoms with E-state index in [9.17, 15) is 0 Å². The second kappa shape index (κ2) is 8.30. The van der Waals surface area contributed by atoms with Crippen LogP contribution < -0.4 is 4.74 Å². The molecular formula is C13H22O2. The minimum absolute atomic E-state index is 0.255. The molecule has 0 aromatic heterocycles. The number of benzene rings is 1. The number of hydrogen-bond acceptors (Lipinski definition) is 2. The average Bonchev–Trinajstić information content (AvgIpc) is 2.29. The van der Waals surface area contributed by atoms with E-state index in [1.807, 2.05) is 52.0 Å². The largest absolute Gasteiger partial charge is 0.496 e. The Kier molecular flexibility index (Phi) is 7.74. The molecule has 2 nitrogen and oxygen atoms in total. The Balaban J connectivity index is 0.000000921. The highest BCUT2D eigenvalue weighted by atomic mass is 16.5. The summed E-state index contributed by atoms with van der Waals surface area (Å²) >= 11 is 0. The summed E-state index contributed by atoms with van der Waals surface area (Å²) in [5.74, 6) is 0.892. The lowest BCUT2D eigenvalue weighted by Crippen LogP contribution is -2.03. The first-order valence-corrected chi connectivity index (χ1v) is 5.47. The van der Waals surface area contributed by atoms with Crippen LogP contribution in [0.1, 0.15) is 33.3 Å². The quantitative estimate of drug-likeness (QED) is 0.755. The molecule has 1 aromatic carbocycles. The van der Waals surface area contributed by atoms with Crippen molar-refractivity contribution in [3.05, 3.63) is 29.8 Å². The normalized spacial score (nSPS) is 9.47. The van der Waals surface area contributed by atoms with E-state index in [0.717, 1.165) is 11.3 Å². The van der Waals surface area contributed by atoms with Crippen LogP contribution in [0.2, 0.25) is 0 Å². The van der Waals surface area contributed by atoms with Gasteiger partial charge in [-0.25, -0.2) is 0 Å². The van der Waals surface area contributed by atoms with E-state index in [1.165, 1.54) is 0 Å². The molecule has 0 atom stereocenters. The highest BCUT2D eigenvalue weighted by Gasteiger charge is 2.01. The molecule has 0 aliphatic carbocycles. The zero-order valence-electron chi connectivity index (χ0n) is 10.4. The Morgan fingerprint density at radius 3 is 2.27 bits per heavy atom. The number of para-hydroxylation sites is 1. The van der Waals surface area contributed by atoms with Crippen molar-refractivity contribution in [2.24, 2.45) is 0 Å². The Hall–Kier alpha value is -1.02. The molecule has 0 saturated carbocycles. The van der Waals surface area contributed by atoms with Gasteiger partial charge in [0.25, 0.3) is 0 Å². The molecule has 0 bridgehead atoms. The van der Waals surface area contributed by atoms with E-state index in [2.05, 4.69) is 0 Å². The Bertz CT molecular complexity index is 256. The first-order chi connectivity index (χ1) is 7.24. The molecule has 0 heterocycles. The maximum absolute atomic E-state index is 5.49. The fourth-order valence-corrected chi connectivity index (χ4v) is 1.08. The van der Waals surface area contributed by atoms with Crippen molar-refractivity contribution in [1.29, 1.82) is 0 Å². The standard InChI is InChI=1S/C11H16O2.C2H6/c1-9(2)13-8-10-6-4-5-7-11(10)12-3;1-2/h4-7,9H,8H2,1-3H3;1-2H3. The van der Waals surface area contributed by atoms with Crippen LogP contribution in [-0.4, -0.2) is 13.2 Å². The first kappa shape index (κ1) is 14.0. The van der Waals surface area contributed by atoms with E-state index in [4.69, 9.17) is 9.47 Å². The predicted molar refractivity (Wildman–Crippen MR) is 64.3 cm³/mol. The third-order valence-corrected chi connectivity index (χ3v) is 1.76. The second-order valence-electron chi connectivity index (χ2n) is 3.17. The second-order valence-corrected chi connectivity index (χ2v) is 3.17. The minimum Gasteiger partial charge on any atom is -0.496 e. The molecule has 15 heavy (non-hydrogen) atoms. The summed E-state index contributed by atoms with van der Waals surface area (Å²) < 4.78 is 10.7. The molecule has 0 amide bonds. The van der Waals surface area contributed by atoms with Crippen LogP contribution in [0.4, 0.5) is 0 Å². The van der Waals surface area contributed by atoms with Gasteiger partial charge in [-0.05, 0) is 19.9 Å². The molecule has 2 heteroatoms. The Labute approximate surface area is 93.2 Å². The van der Waals surface area contributed by atoms with Crippen LogP contribution in [0.15, 0.2) is 24.3 Å². The molecule has 0 aliphatic rings. The van der Waals surface area contributed by atoms with Crippen LogP contribution in [0.5, 0.6) is 5.75 Å². The molecule has 1 rings (SSSR count). The number of hydrogen-bond donors (Lipinski definition) is 0. The topological polar surface area (TPSA) is 18.5 Å². The lowest BCUT2D eigenvalue weighted by atomic mass is 10.2. The lowest BCUT2D eigenvalue weighted by Gasteiger charge is -2.10. The maximum atomic E-state index is 5.49. The Morgan fingerprint density at radius 2 is 1.73 bits per heavy atom. The van der Waals surface area contributed by atoms with E-state index in [0.29, 0.717) is 6.61 Å². The summed E-state index contributed by atoms with van der Waals surface area (Å²) in [5.41, 5.74) is 1.10. The molecular weight excluding hydrogens is 188 g/mol. The van der Waals surface area contributed by atoms with Gasteiger partial charge in [-0.1, -0.05) is 32.0 Å². The van der Waals surface area contributed by atoms with Crippen molar-refractivity contribution in [1.82, 2.24) is 0 Å². The molecule has 86 valence electrons. The number of rotatable bonds is 4. The smallest absolute Gasteiger partial charge is 0.124 e. The predicted octanol–water partition coefficient (Wildman–Crippen LogP) is 3.65. The van der Waals surface area contributed by atoms with Crippen LogP contribution in [0.3, 0.4) is 0 Å². The van der Waals surface area contributed by atoms with Crippen LogP contribution in [0.25, 0.3) is 0 Å². The molecule has 0 spiro atoms. The fourth-order valence-electron chi connectivity index (χ4n) is 1.08. The van der Waals surface area contributed by atoms with Crippen LogP contribution in [0, 0.1) is 0 Å². The van der Waals surface area contributed by atoms with Gasteiger partial charge in [0, 0.05) is 5.56 Å². The van der Waals surface area contributed by atoms with Crippen molar-refractivity contribution < 1.29 is 9.47 Å². The molecule has 0 aliphatic heterocycles. The van der Waals surface area contributed by atoms with Crippen molar-refractivity contribution in [2.75, 3.05) is 7.11 Å². The highest BCUT2D eigenvalue weighted by Crippen LogP contribution is 2.18. The third kappa shape index (κ3) is 5.43. The van der Waals surface area contributed by atoms with Gasteiger partial charge in [0.15, 0.2) is 0 Å². The molecule has 0 radical (unpaired) electrons. The molecule has 0 fully saturated rings. The van der Waals surface area contributed by atoms with Crippen molar-refractivity contribution in [3.8, 4) is 5.75 Å². The van der Waals surface area contributed by atoms with Crippen LogP contribution in [-0.2, 0) is 11.3 Å². The van der Waals surface area contributed by atoms with Gasteiger partial charge in [-0.2, -0.15) is 0 Å². The zero-order chi connectivity index (χ0) is 11.7. The van der Waals surface area contributed by atoms with E-state index < -0.39 is 0 Å². The minimum atomic E-state index is 0.255. The summed E-state index contributed by atoms with van der Waals surface area (Å²) in [6.07, 6.45) is 0.255. The third-order valence-electron chi connectivity index (χ3n) is 1.76. The monoisotopic (exact) mass is 210 g/mol. The fraction of sp³-hybridized carbons (Fsp3) is 0.538. The van der Waals surface area contributed by atoms with Gasteiger partial charge in [0.2, 0.25) is 0 Å². The molecule has 0 unspecified atom stereocenters. The zero-order valence-corrected chi connectivity index (χ0v) is 10.4. The average molecular weight is 210 g/mol. The van der Waals surface area contributed by atoms with Gasteiger partial charge in [-0.3, -0.25) is 0 Å². The van der Waals surface area contributed by atoms with Gasteiger partial charge in [0.05, 0.1) is 19.8 Å². The molecule has 1 aromatic rings. The van der Waals surface area contributed by atoms with Crippen molar-refractivity contribution in [3.63, 3.8) is 0 Å². The highest BCUT2D eigenvalue weighted by molar-refractivity contribution is 5.32.